The van der Waals surface area contributed by atoms with Crippen molar-refractivity contribution in [2.75, 3.05) is 0 Å². The molecule has 0 N–H and O–H groups in total. The van der Waals surface area contributed by atoms with Crippen LogP contribution in [0.3, 0.4) is 0 Å². The molecule has 0 saturated carbocycles. The van der Waals surface area contributed by atoms with Crippen molar-refractivity contribution in [1.29, 1.82) is 0 Å². The number of benzene rings is 2. The maximum atomic E-state index is 10.9. The number of aromatic nitrogens is 2. The zero-order chi connectivity index (χ0) is 14.4. The summed E-state index contributed by atoms with van der Waals surface area (Å²) >= 11 is 6.07. The molecule has 104 valence electrons. The zero-order valence-electron chi connectivity index (χ0n) is 11.3. The highest BCUT2D eigenvalue weighted by Gasteiger charge is 2.25. The van der Waals surface area contributed by atoms with Gasteiger partial charge < -0.3 is 0 Å². The minimum absolute atomic E-state index is 0.247. The number of halogens is 1. The van der Waals surface area contributed by atoms with E-state index in [-0.39, 0.29) is 6.04 Å². The fourth-order valence-corrected chi connectivity index (χ4v) is 3.41. The Kier molecular flexibility index (Phi) is 2.82. The molecule has 0 aliphatic heterocycles. The molecule has 0 unspecified atom stereocenters. The van der Waals surface area contributed by atoms with Crippen molar-refractivity contribution in [3.05, 3.63) is 64.3 Å². The Hall–Kier alpha value is -2.13. The van der Waals surface area contributed by atoms with E-state index in [1.165, 1.54) is 11.1 Å². The van der Waals surface area contributed by atoms with Crippen LogP contribution in [0.25, 0.3) is 10.9 Å². The van der Waals surface area contributed by atoms with Crippen molar-refractivity contribution in [3.63, 3.8) is 0 Å². The number of fused-ring (bicyclic) bond motifs is 2. The number of aldehydes is 1. The summed E-state index contributed by atoms with van der Waals surface area (Å²) in [6.07, 6.45) is 4.75. The summed E-state index contributed by atoms with van der Waals surface area (Å²) in [4.78, 5) is 10.9. The molecule has 4 rings (SSSR count). The predicted octanol–water partition coefficient (Wildman–Crippen LogP) is 4.04. The van der Waals surface area contributed by atoms with Gasteiger partial charge in [-0.3, -0.25) is 9.48 Å². The summed E-state index contributed by atoms with van der Waals surface area (Å²) in [6.45, 7) is 0. The standard InChI is InChI=1S/C17H13ClN2O/c18-14-3-4-15-12(8-14)2-6-17(15)20-16-5-1-11(10-21)7-13(16)9-19-20/h1,3-5,7-10,17H,2,6H2/t17-/m1/s1. The fourth-order valence-electron chi connectivity index (χ4n) is 3.21. The van der Waals surface area contributed by atoms with Crippen LogP contribution in [0.1, 0.15) is 33.9 Å². The van der Waals surface area contributed by atoms with Crippen LogP contribution in [-0.2, 0) is 6.42 Å². The van der Waals surface area contributed by atoms with Gasteiger partial charge in [0, 0.05) is 16.0 Å². The third-order valence-corrected chi connectivity index (χ3v) is 4.44. The molecule has 0 saturated heterocycles. The average Bonchev–Trinajstić information content (AvgIpc) is 3.09. The third-order valence-electron chi connectivity index (χ3n) is 4.20. The number of carbonyl (C=O) groups is 1. The number of carbonyl (C=O) groups excluding carboxylic acids is 1. The number of nitrogens with zero attached hydrogens (tertiary/aromatic N) is 2. The Bertz CT molecular complexity index is 853. The van der Waals surface area contributed by atoms with E-state index in [1.54, 1.807) is 0 Å². The van der Waals surface area contributed by atoms with E-state index in [4.69, 9.17) is 11.6 Å². The first-order valence-corrected chi connectivity index (χ1v) is 7.35. The summed E-state index contributed by atoms with van der Waals surface area (Å²) in [5.41, 5.74) is 4.35. The Labute approximate surface area is 127 Å². The smallest absolute Gasteiger partial charge is 0.150 e. The topological polar surface area (TPSA) is 34.9 Å². The van der Waals surface area contributed by atoms with E-state index >= 15 is 0 Å². The van der Waals surface area contributed by atoms with Gasteiger partial charge in [0.1, 0.15) is 6.29 Å². The molecule has 0 fully saturated rings. The van der Waals surface area contributed by atoms with Crippen molar-refractivity contribution in [2.24, 2.45) is 0 Å². The molecule has 1 aromatic heterocycles. The molecule has 4 heteroatoms. The van der Waals surface area contributed by atoms with Crippen LogP contribution >= 0.6 is 11.6 Å². The maximum Gasteiger partial charge on any atom is 0.150 e. The Morgan fingerprint density at radius 3 is 3.00 bits per heavy atom. The van der Waals surface area contributed by atoms with Gasteiger partial charge in [-0.25, -0.2) is 0 Å². The van der Waals surface area contributed by atoms with E-state index in [0.717, 1.165) is 35.1 Å². The molecule has 1 aliphatic carbocycles. The van der Waals surface area contributed by atoms with E-state index in [9.17, 15) is 4.79 Å². The largest absolute Gasteiger partial charge is 0.298 e. The lowest BCUT2D eigenvalue weighted by molar-refractivity contribution is 0.112. The first-order chi connectivity index (χ1) is 10.3. The van der Waals surface area contributed by atoms with Crippen LogP contribution in [0.5, 0.6) is 0 Å². The van der Waals surface area contributed by atoms with Gasteiger partial charge in [-0.1, -0.05) is 17.7 Å². The lowest BCUT2D eigenvalue weighted by Crippen LogP contribution is -2.08. The van der Waals surface area contributed by atoms with Gasteiger partial charge in [-0.05, 0) is 54.3 Å². The van der Waals surface area contributed by atoms with Crippen molar-refractivity contribution < 1.29 is 4.79 Å². The highest BCUT2D eigenvalue weighted by atomic mass is 35.5. The fraction of sp³-hybridized carbons (Fsp3) is 0.176. The number of hydrogen-bond donors (Lipinski definition) is 0. The first kappa shape index (κ1) is 12.6. The Balaban J connectivity index is 1.84. The summed E-state index contributed by atoms with van der Waals surface area (Å²) in [7, 11) is 0. The molecular weight excluding hydrogens is 284 g/mol. The van der Waals surface area contributed by atoms with E-state index < -0.39 is 0 Å². The highest BCUT2D eigenvalue weighted by molar-refractivity contribution is 6.30. The lowest BCUT2D eigenvalue weighted by Gasteiger charge is -2.14. The van der Waals surface area contributed by atoms with Crippen LogP contribution in [-0.4, -0.2) is 16.1 Å². The second-order valence-corrected chi connectivity index (χ2v) is 5.86. The SMILES string of the molecule is O=Cc1ccc2c(cnn2[C@@H]2CCc3cc(Cl)ccc32)c1. The lowest BCUT2D eigenvalue weighted by atomic mass is 10.1. The van der Waals surface area contributed by atoms with E-state index in [1.807, 2.05) is 36.5 Å². The molecule has 3 aromatic rings. The molecule has 0 amide bonds. The molecule has 0 spiro atoms. The second kappa shape index (κ2) is 4.71. The summed E-state index contributed by atoms with van der Waals surface area (Å²) in [5, 5.41) is 6.33. The minimum Gasteiger partial charge on any atom is -0.298 e. The van der Waals surface area contributed by atoms with Gasteiger partial charge in [0.15, 0.2) is 0 Å². The van der Waals surface area contributed by atoms with Crippen LogP contribution in [0, 0.1) is 0 Å². The van der Waals surface area contributed by atoms with Crippen molar-refractivity contribution in [2.45, 2.75) is 18.9 Å². The summed E-state index contributed by atoms with van der Waals surface area (Å²) in [6, 6.07) is 12.0. The van der Waals surface area contributed by atoms with E-state index in [0.29, 0.717) is 5.56 Å². The third kappa shape index (κ3) is 1.96. The monoisotopic (exact) mass is 296 g/mol. The summed E-state index contributed by atoms with van der Waals surface area (Å²) < 4.78 is 2.06. The average molecular weight is 297 g/mol. The van der Waals surface area contributed by atoms with Crippen LogP contribution in [0.15, 0.2) is 42.6 Å². The van der Waals surface area contributed by atoms with Gasteiger partial charge in [-0.15, -0.1) is 0 Å². The van der Waals surface area contributed by atoms with E-state index in [2.05, 4.69) is 15.8 Å². The normalized spacial score (nSPS) is 17.1. The van der Waals surface area contributed by atoms with Gasteiger partial charge >= 0.3 is 0 Å². The second-order valence-electron chi connectivity index (χ2n) is 5.42. The van der Waals surface area contributed by atoms with Crippen LogP contribution in [0.2, 0.25) is 5.02 Å². The number of rotatable bonds is 2. The molecule has 1 aliphatic rings. The van der Waals surface area contributed by atoms with Crippen LogP contribution < -0.4 is 0 Å². The maximum absolute atomic E-state index is 10.9. The Morgan fingerprint density at radius 1 is 1.24 bits per heavy atom. The van der Waals surface area contributed by atoms with Crippen molar-refractivity contribution >= 4 is 28.8 Å². The number of aryl methyl sites for hydroxylation is 1. The van der Waals surface area contributed by atoms with Gasteiger partial charge in [-0.2, -0.15) is 5.10 Å². The molecule has 0 radical (unpaired) electrons. The van der Waals surface area contributed by atoms with Gasteiger partial charge in [0.05, 0.1) is 17.8 Å². The molecular formula is C17H13ClN2O. The minimum atomic E-state index is 0.247. The molecule has 1 heterocycles. The first-order valence-electron chi connectivity index (χ1n) is 6.97. The molecule has 3 nitrogen and oxygen atoms in total. The molecule has 2 aromatic carbocycles. The quantitative estimate of drug-likeness (QED) is 0.669. The molecule has 1 atom stereocenters. The zero-order valence-corrected chi connectivity index (χ0v) is 12.0. The number of hydrogen-bond acceptors (Lipinski definition) is 2. The Morgan fingerprint density at radius 2 is 2.14 bits per heavy atom. The van der Waals surface area contributed by atoms with Crippen molar-refractivity contribution in [3.8, 4) is 0 Å². The summed E-state index contributed by atoms with van der Waals surface area (Å²) in [5.74, 6) is 0. The van der Waals surface area contributed by atoms with Gasteiger partial charge in [0.2, 0.25) is 0 Å². The van der Waals surface area contributed by atoms with Crippen LogP contribution in [0.4, 0.5) is 0 Å². The molecule has 21 heavy (non-hydrogen) atoms. The van der Waals surface area contributed by atoms with Crippen molar-refractivity contribution in [1.82, 2.24) is 9.78 Å². The molecule has 0 bridgehead atoms. The predicted molar refractivity (Wildman–Crippen MR) is 83.0 cm³/mol. The van der Waals surface area contributed by atoms with Gasteiger partial charge in [0.25, 0.3) is 0 Å². The highest BCUT2D eigenvalue weighted by Crippen LogP contribution is 2.37.